The van der Waals surface area contributed by atoms with Crippen molar-refractivity contribution in [2.45, 2.75) is 13.5 Å². The number of aliphatic imine (C=N–C) groups is 1. The van der Waals surface area contributed by atoms with Crippen molar-refractivity contribution in [1.82, 2.24) is 10.6 Å². The van der Waals surface area contributed by atoms with Crippen LogP contribution in [0.15, 0.2) is 46.0 Å². The Bertz CT molecular complexity index is 670. The van der Waals surface area contributed by atoms with E-state index in [1.165, 1.54) is 0 Å². The quantitative estimate of drug-likeness (QED) is 0.460. The van der Waals surface area contributed by atoms with E-state index in [1.807, 2.05) is 37.3 Å². The van der Waals surface area contributed by atoms with Gasteiger partial charge in [-0.15, -0.1) is 0 Å². The zero-order chi connectivity index (χ0) is 16.6. The molecule has 0 atom stereocenters. The maximum atomic E-state index is 5.71. The molecule has 0 aliphatic carbocycles. The molecule has 1 aromatic heterocycles. The Balaban J connectivity index is 1.44. The number of fused-ring (bicyclic) bond motifs is 1. The van der Waals surface area contributed by atoms with Crippen molar-refractivity contribution in [1.29, 1.82) is 0 Å². The second-order valence-corrected chi connectivity index (χ2v) is 5.06. The van der Waals surface area contributed by atoms with Crippen LogP contribution in [-0.2, 0) is 6.54 Å². The standard InChI is InChI=1S/C17H21N3O4/c1-2-18-17(20-11-14-4-3-8-21-14)19-7-9-22-13-5-6-15-16(10-13)24-12-23-15/h3-6,8,10H,2,7,9,11-12H2,1H3,(H2,18,19,20). The monoisotopic (exact) mass is 331 g/mol. The largest absolute Gasteiger partial charge is 0.492 e. The van der Waals surface area contributed by atoms with E-state index < -0.39 is 0 Å². The Morgan fingerprint density at radius 1 is 1.21 bits per heavy atom. The van der Waals surface area contributed by atoms with Crippen LogP contribution < -0.4 is 24.8 Å². The lowest BCUT2D eigenvalue weighted by atomic mass is 10.3. The molecule has 1 aliphatic heterocycles. The topological polar surface area (TPSA) is 77.3 Å². The summed E-state index contributed by atoms with van der Waals surface area (Å²) in [6, 6.07) is 9.29. The molecule has 0 unspecified atom stereocenters. The van der Waals surface area contributed by atoms with Crippen LogP contribution in [0.5, 0.6) is 17.2 Å². The number of nitrogens with one attached hydrogen (secondary N) is 2. The van der Waals surface area contributed by atoms with Crippen LogP contribution in [0.25, 0.3) is 0 Å². The van der Waals surface area contributed by atoms with Gasteiger partial charge in [0.05, 0.1) is 12.8 Å². The van der Waals surface area contributed by atoms with Crippen LogP contribution in [0.2, 0.25) is 0 Å². The molecule has 0 spiro atoms. The number of nitrogens with zero attached hydrogens (tertiary/aromatic N) is 1. The van der Waals surface area contributed by atoms with E-state index in [4.69, 9.17) is 18.6 Å². The third-order valence-corrected chi connectivity index (χ3v) is 3.32. The molecule has 3 rings (SSSR count). The fraction of sp³-hybridized carbons (Fsp3) is 0.353. The third-order valence-electron chi connectivity index (χ3n) is 3.32. The van der Waals surface area contributed by atoms with Gasteiger partial charge in [-0.1, -0.05) is 0 Å². The van der Waals surface area contributed by atoms with Crippen molar-refractivity contribution < 1.29 is 18.6 Å². The van der Waals surface area contributed by atoms with Gasteiger partial charge in [0.25, 0.3) is 0 Å². The van der Waals surface area contributed by atoms with Gasteiger partial charge in [-0.25, -0.2) is 4.99 Å². The van der Waals surface area contributed by atoms with E-state index in [0.29, 0.717) is 25.4 Å². The van der Waals surface area contributed by atoms with E-state index >= 15 is 0 Å². The van der Waals surface area contributed by atoms with Crippen LogP contribution in [0.4, 0.5) is 0 Å². The van der Waals surface area contributed by atoms with Gasteiger partial charge in [0, 0.05) is 12.6 Å². The Labute approximate surface area is 140 Å². The van der Waals surface area contributed by atoms with Crippen LogP contribution in [-0.4, -0.2) is 32.4 Å². The van der Waals surface area contributed by atoms with Crippen LogP contribution in [0.1, 0.15) is 12.7 Å². The smallest absolute Gasteiger partial charge is 0.231 e. The highest BCUT2D eigenvalue weighted by molar-refractivity contribution is 5.79. The van der Waals surface area contributed by atoms with Crippen molar-refractivity contribution in [2.24, 2.45) is 4.99 Å². The molecule has 7 nitrogen and oxygen atoms in total. The highest BCUT2D eigenvalue weighted by Gasteiger charge is 2.13. The van der Waals surface area contributed by atoms with Crippen molar-refractivity contribution in [3.05, 3.63) is 42.4 Å². The summed E-state index contributed by atoms with van der Waals surface area (Å²) < 4.78 is 21.6. The second-order valence-electron chi connectivity index (χ2n) is 5.06. The van der Waals surface area contributed by atoms with E-state index in [0.717, 1.165) is 29.8 Å². The summed E-state index contributed by atoms with van der Waals surface area (Å²) in [5, 5.41) is 6.40. The molecule has 0 radical (unpaired) electrons. The zero-order valence-corrected chi connectivity index (χ0v) is 13.6. The molecule has 0 bridgehead atoms. The number of ether oxygens (including phenoxy) is 3. The molecule has 128 valence electrons. The third kappa shape index (κ3) is 4.34. The molecule has 2 aromatic rings. The second kappa shape index (κ2) is 8.14. The lowest BCUT2D eigenvalue weighted by Gasteiger charge is -2.12. The van der Waals surface area contributed by atoms with Crippen molar-refractivity contribution >= 4 is 5.96 Å². The van der Waals surface area contributed by atoms with Gasteiger partial charge in [-0.2, -0.15) is 0 Å². The first-order chi connectivity index (χ1) is 11.8. The van der Waals surface area contributed by atoms with Gasteiger partial charge in [-0.05, 0) is 31.2 Å². The summed E-state index contributed by atoms with van der Waals surface area (Å²) in [5.74, 6) is 3.76. The van der Waals surface area contributed by atoms with E-state index in [9.17, 15) is 0 Å². The number of benzene rings is 1. The summed E-state index contributed by atoms with van der Waals surface area (Å²) in [7, 11) is 0. The average molecular weight is 331 g/mol. The maximum absolute atomic E-state index is 5.71. The minimum Gasteiger partial charge on any atom is -0.492 e. The Morgan fingerprint density at radius 2 is 2.12 bits per heavy atom. The zero-order valence-electron chi connectivity index (χ0n) is 13.6. The predicted molar refractivity (Wildman–Crippen MR) is 89.6 cm³/mol. The van der Waals surface area contributed by atoms with E-state index in [2.05, 4.69) is 15.6 Å². The molecule has 0 amide bonds. The van der Waals surface area contributed by atoms with Gasteiger partial charge in [-0.3, -0.25) is 0 Å². The minimum atomic E-state index is 0.262. The average Bonchev–Trinajstić information content (AvgIpc) is 3.27. The lowest BCUT2D eigenvalue weighted by Crippen LogP contribution is -2.39. The molecule has 2 N–H and O–H groups in total. The molecule has 24 heavy (non-hydrogen) atoms. The molecule has 0 saturated carbocycles. The normalized spacial score (nSPS) is 13.0. The summed E-state index contributed by atoms with van der Waals surface area (Å²) >= 11 is 0. The van der Waals surface area contributed by atoms with Crippen LogP contribution in [0, 0.1) is 0 Å². The summed E-state index contributed by atoms with van der Waals surface area (Å²) in [5.41, 5.74) is 0. The molecule has 0 fully saturated rings. The highest BCUT2D eigenvalue weighted by atomic mass is 16.7. The lowest BCUT2D eigenvalue weighted by molar-refractivity contribution is 0.173. The van der Waals surface area contributed by atoms with E-state index in [-0.39, 0.29) is 6.79 Å². The van der Waals surface area contributed by atoms with Crippen LogP contribution in [0.3, 0.4) is 0 Å². The first kappa shape index (κ1) is 16.0. The Kier molecular flexibility index (Phi) is 5.44. The van der Waals surface area contributed by atoms with Gasteiger partial charge < -0.3 is 29.3 Å². The summed E-state index contributed by atoms with van der Waals surface area (Å²) in [4.78, 5) is 4.46. The van der Waals surface area contributed by atoms with Crippen molar-refractivity contribution in [3.63, 3.8) is 0 Å². The fourth-order valence-corrected chi connectivity index (χ4v) is 2.21. The Hall–Kier alpha value is -2.83. The molecule has 7 heteroatoms. The SMILES string of the molecule is CCNC(=NCc1ccco1)NCCOc1ccc2c(c1)OCO2. The molecule has 2 heterocycles. The molecule has 0 saturated heterocycles. The number of hydrogen-bond donors (Lipinski definition) is 2. The van der Waals surface area contributed by atoms with E-state index in [1.54, 1.807) is 6.26 Å². The summed E-state index contributed by atoms with van der Waals surface area (Å²) in [6.45, 7) is 4.69. The number of hydrogen-bond acceptors (Lipinski definition) is 5. The maximum Gasteiger partial charge on any atom is 0.231 e. The first-order valence-electron chi connectivity index (χ1n) is 7.92. The predicted octanol–water partition coefficient (Wildman–Crippen LogP) is 2.14. The van der Waals surface area contributed by atoms with Crippen molar-refractivity contribution in [2.75, 3.05) is 26.5 Å². The molecule has 1 aromatic carbocycles. The van der Waals surface area contributed by atoms with Gasteiger partial charge in [0.2, 0.25) is 6.79 Å². The minimum absolute atomic E-state index is 0.262. The molecular formula is C17H21N3O4. The number of furan rings is 1. The van der Waals surface area contributed by atoms with Crippen molar-refractivity contribution in [3.8, 4) is 17.2 Å². The van der Waals surface area contributed by atoms with Gasteiger partial charge in [0.15, 0.2) is 17.5 Å². The highest BCUT2D eigenvalue weighted by Crippen LogP contribution is 2.34. The Morgan fingerprint density at radius 3 is 2.96 bits per heavy atom. The first-order valence-corrected chi connectivity index (χ1v) is 7.92. The van der Waals surface area contributed by atoms with Gasteiger partial charge in [0.1, 0.15) is 24.7 Å². The summed E-state index contributed by atoms with van der Waals surface area (Å²) in [6.07, 6.45) is 1.64. The fourth-order valence-electron chi connectivity index (χ4n) is 2.21. The molecule has 1 aliphatic rings. The van der Waals surface area contributed by atoms with Gasteiger partial charge >= 0.3 is 0 Å². The number of guanidine groups is 1. The molecular weight excluding hydrogens is 310 g/mol. The van der Waals surface area contributed by atoms with Crippen LogP contribution >= 0.6 is 0 Å². The number of rotatable bonds is 7.